The number of rotatable bonds is 8. The molecule has 0 spiro atoms. The summed E-state index contributed by atoms with van der Waals surface area (Å²) >= 11 is 4.79. The molecule has 0 radical (unpaired) electrons. The predicted molar refractivity (Wildman–Crippen MR) is 83.4 cm³/mol. The van der Waals surface area contributed by atoms with Crippen molar-refractivity contribution < 1.29 is 17.9 Å². The maximum atomic E-state index is 12.0. The molecule has 0 unspecified atom stereocenters. The molecule has 0 aromatic heterocycles. The van der Waals surface area contributed by atoms with E-state index in [4.69, 9.17) is 22.7 Å². The van der Waals surface area contributed by atoms with Crippen LogP contribution in [0.5, 0.6) is 0 Å². The Balaban J connectivity index is 2.61. The lowest BCUT2D eigenvalue weighted by Crippen LogP contribution is -2.26. The summed E-state index contributed by atoms with van der Waals surface area (Å²) in [4.78, 5) is 11.6. The monoisotopic (exact) mass is 330 g/mol. The molecule has 0 heterocycles. The molecule has 0 aliphatic rings. The Morgan fingerprint density at radius 3 is 2.48 bits per heavy atom. The largest absolute Gasteiger partial charge is 0.466 e. The maximum Gasteiger partial charge on any atom is 0.307 e. The van der Waals surface area contributed by atoms with Crippen LogP contribution >= 0.6 is 12.2 Å². The first-order valence-corrected chi connectivity index (χ1v) is 8.27. The predicted octanol–water partition coefficient (Wildman–Crippen LogP) is 0.747. The van der Waals surface area contributed by atoms with E-state index in [2.05, 4.69) is 4.72 Å². The summed E-state index contributed by atoms with van der Waals surface area (Å²) in [6.45, 7) is 1.96. The van der Waals surface area contributed by atoms with E-state index in [1.807, 2.05) is 0 Å². The van der Waals surface area contributed by atoms with Crippen LogP contribution in [0.3, 0.4) is 0 Å². The van der Waals surface area contributed by atoms with Crippen LogP contribution in [0.4, 0.5) is 0 Å². The summed E-state index contributed by atoms with van der Waals surface area (Å²) in [6.07, 6.45) is 0.415. The molecule has 116 valence electrons. The van der Waals surface area contributed by atoms with E-state index in [9.17, 15) is 13.2 Å². The van der Waals surface area contributed by atoms with Gasteiger partial charge in [-0.25, -0.2) is 13.1 Å². The fourth-order valence-corrected chi connectivity index (χ4v) is 2.79. The lowest BCUT2D eigenvalue weighted by molar-refractivity contribution is -0.142. The van der Waals surface area contributed by atoms with Gasteiger partial charge in [0.25, 0.3) is 0 Å². The van der Waals surface area contributed by atoms with Crippen LogP contribution in [0.2, 0.25) is 0 Å². The topological polar surface area (TPSA) is 98.5 Å². The summed E-state index contributed by atoms with van der Waals surface area (Å²) in [5, 5.41) is 0. The molecule has 8 heteroatoms. The van der Waals surface area contributed by atoms with Gasteiger partial charge in [0.1, 0.15) is 0 Å². The number of carbonyl (C=O) groups is 1. The third-order valence-corrected chi connectivity index (χ3v) is 4.16. The van der Waals surface area contributed by atoms with Crippen molar-refractivity contribution in [3.8, 4) is 0 Å². The Morgan fingerprint density at radius 2 is 1.95 bits per heavy atom. The average molecular weight is 330 g/mol. The molecule has 0 saturated carbocycles. The zero-order valence-corrected chi connectivity index (χ0v) is 13.3. The first-order chi connectivity index (χ1) is 9.85. The van der Waals surface area contributed by atoms with Gasteiger partial charge in [0.2, 0.25) is 10.0 Å². The second-order valence-electron chi connectivity index (χ2n) is 4.24. The quantitative estimate of drug-likeness (QED) is 0.539. The number of nitrogens with one attached hydrogen (secondary N) is 1. The van der Waals surface area contributed by atoms with Crippen LogP contribution in [0.25, 0.3) is 0 Å². The molecule has 0 atom stereocenters. The van der Waals surface area contributed by atoms with Crippen molar-refractivity contribution in [3.05, 3.63) is 29.8 Å². The molecule has 1 rings (SSSR count). The molecule has 6 nitrogen and oxygen atoms in total. The molecule has 0 aliphatic carbocycles. The van der Waals surface area contributed by atoms with E-state index in [1.165, 1.54) is 12.1 Å². The second kappa shape index (κ2) is 8.06. The number of benzene rings is 1. The molecule has 21 heavy (non-hydrogen) atoms. The van der Waals surface area contributed by atoms with Crippen LogP contribution in [0.1, 0.15) is 18.9 Å². The van der Waals surface area contributed by atoms with Gasteiger partial charge in [-0.05, 0) is 24.6 Å². The van der Waals surface area contributed by atoms with E-state index in [-0.39, 0.29) is 24.5 Å². The highest BCUT2D eigenvalue weighted by atomic mass is 32.2. The minimum atomic E-state index is -3.64. The van der Waals surface area contributed by atoms with E-state index < -0.39 is 16.0 Å². The normalized spacial score (nSPS) is 11.1. The smallest absolute Gasteiger partial charge is 0.307 e. The van der Waals surface area contributed by atoms with Crippen molar-refractivity contribution in [2.24, 2.45) is 5.73 Å². The Bertz CT molecular complexity index is 597. The number of esters is 1. The number of hydrogen-bond donors (Lipinski definition) is 2. The highest BCUT2D eigenvalue weighted by molar-refractivity contribution is 7.89. The maximum absolute atomic E-state index is 12.0. The van der Waals surface area contributed by atoms with E-state index in [0.717, 1.165) is 5.56 Å². The van der Waals surface area contributed by atoms with Crippen LogP contribution < -0.4 is 10.5 Å². The number of hydrogen-bond acceptors (Lipinski definition) is 5. The Hall–Kier alpha value is -1.51. The number of nitrogens with two attached hydrogens (primary N) is 1. The van der Waals surface area contributed by atoms with Crippen molar-refractivity contribution >= 4 is 33.2 Å². The first-order valence-electron chi connectivity index (χ1n) is 6.37. The van der Waals surface area contributed by atoms with Gasteiger partial charge >= 0.3 is 5.97 Å². The van der Waals surface area contributed by atoms with Gasteiger partial charge in [-0.1, -0.05) is 24.4 Å². The zero-order valence-electron chi connectivity index (χ0n) is 11.7. The fraction of sp³-hybridized carbons (Fsp3) is 0.385. The van der Waals surface area contributed by atoms with Gasteiger partial charge in [-0.15, -0.1) is 0 Å². The van der Waals surface area contributed by atoms with Crippen molar-refractivity contribution in [2.45, 2.75) is 24.7 Å². The van der Waals surface area contributed by atoms with Gasteiger partial charge in [0.15, 0.2) is 0 Å². The zero-order chi connectivity index (χ0) is 15.9. The molecule has 0 amide bonds. The van der Waals surface area contributed by atoms with Crippen LogP contribution in [-0.2, 0) is 26.0 Å². The summed E-state index contributed by atoms with van der Waals surface area (Å²) in [7, 11) is -3.64. The average Bonchev–Trinajstić information content (AvgIpc) is 2.38. The molecular weight excluding hydrogens is 312 g/mol. The standard InChI is InChI=1S/C13H18N2O4S2/c1-2-19-13(16)7-8-15-21(17,18)11-5-3-10(4-6-11)9-12(14)20/h3-6,15H,2,7-9H2,1H3,(H2,14,20). The number of thiocarbonyl (C=S) groups is 1. The van der Waals surface area contributed by atoms with Crippen molar-refractivity contribution in [1.82, 2.24) is 4.72 Å². The molecule has 0 fully saturated rings. The molecule has 0 aliphatic heterocycles. The summed E-state index contributed by atoms with van der Waals surface area (Å²) in [5.74, 6) is -0.438. The lowest BCUT2D eigenvalue weighted by Gasteiger charge is -2.07. The highest BCUT2D eigenvalue weighted by Crippen LogP contribution is 2.11. The third-order valence-electron chi connectivity index (χ3n) is 2.54. The minimum Gasteiger partial charge on any atom is -0.466 e. The third kappa shape index (κ3) is 6.19. The van der Waals surface area contributed by atoms with Crippen LogP contribution in [0.15, 0.2) is 29.2 Å². The van der Waals surface area contributed by atoms with Gasteiger partial charge in [-0.2, -0.15) is 0 Å². The van der Waals surface area contributed by atoms with Gasteiger partial charge in [0, 0.05) is 13.0 Å². The highest BCUT2D eigenvalue weighted by Gasteiger charge is 2.14. The van der Waals surface area contributed by atoms with Crippen molar-refractivity contribution in [1.29, 1.82) is 0 Å². The molecular formula is C13H18N2O4S2. The Kier molecular flexibility index (Phi) is 6.73. The summed E-state index contributed by atoms with van der Waals surface area (Å²) in [6, 6.07) is 6.25. The molecule has 1 aromatic carbocycles. The van der Waals surface area contributed by atoms with Crippen LogP contribution in [0, 0.1) is 0 Å². The van der Waals surface area contributed by atoms with Gasteiger partial charge in [-0.3, -0.25) is 4.79 Å². The Morgan fingerprint density at radius 1 is 1.33 bits per heavy atom. The van der Waals surface area contributed by atoms with Crippen molar-refractivity contribution in [3.63, 3.8) is 0 Å². The Labute approximate surface area is 129 Å². The number of sulfonamides is 1. The first kappa shape index (κ1) is 17.5. The second-order valence-corrected chi connectivity index (χ2v) is 6.53. The number of carbonyl (C=O) groups excluding carboxylic acids is 1. The van der Waals surface area contributed by atoms with Crippen molar-refractivity contribution in [2.75, 3.05) is 13.2 Å². The minimum absolute atomic E-state index is 0.00416. The van der Waals surface area contributed by atoms with E-state index in [1.54, 1.807) is 19.1 Å². The lowest BCUT2D eigenvalue weighted by atomic mass is 10.1. The van der Waals surface area contributed by atoms with Gasteiger partial charge < -0.3 is 10.5 Å². The SMILES string of the molecule is CCOC(=O)CCNS(=O)(=O)c1ccc(CC(N)=S)cc1. The van der Waals surface area contributed by atoms with Gasteiger partial charge in [0.05, 0.1) is 22.9 Å². The van der Waals surface area contributed by atoms with E-state index in [0.29, 0.717) is 11.4 Å². The molecule has 0 saturated heterocycles. The molecule has 0 bridgehead atoms. The fourth-order valence-electron chi connectivity index (χ4n) is 1.59. The summed E-state index contributed by atoms with van der Waals surface area (Å²) in [5.41, 5.74) is 6.26. The number of ether oxygens (including phenoxy) is 1. The molecule has 3 N–H and O–H groups in total. The molecule has 1 aromatic rings. The van der Waals surface area contributed by atoms with Crippen LogP contribution in [-0.4, -0.2) is 32.5 Å². The van der Waals surface area contributed by atoms with E-state index >= 15 is 0 Å². The summed E-state index contributed by atoms with van der Waals surface area (Å²) < 4.78 is 31.0.